The lowest BCUT2D eigenvalue weighted by Crippen LogP contribution is -2.32. The third-order valence-corrected chi connectivity index (χ3v) is 3.01. The fourth-order valence-corrected chi connectivity index (χ4v) is 2.28. The molecule has 0 bridgehead atoms. The largest absolute Gasteiger partial charge is 0.425 e. The van der Waals surface area contributed by atoms with Crippen LogP contribution in [0.1, 0.15) is 20.3 Å². The summed E-state index contributed by atoms with van der Waals surface area (Å²) in [6.45, 7) is 3.97. The average Bonchev–Trinajstić information content (AvgIpc) is 2.44. The summed E-state index contributed by atoms with van der Waals surface area (Å²) in [7, 11) is 1.56. The summed E-state index contributed by atoms with van der Waals surface area (Å²) < 4.78 is 10.4. The van der Waals surface area contributed by atoms with Gasteiger partial charge >= 0.3 is 5.97 Å². The van der Waals surface area contributed by atoms with Crippen LogP contribution in [0.2, 0.25) is 0 Å². The van der Waals surface area contributed by atoms with E-state index in [1.165, 1.54) is 6.08 Å². The van der Waals surface area contributed by atoms with E-state index < -0.39 is 5.79 Å². The maximum absolute atomic E-state index is 11.1. The van der Waals surface area contributed by atoms with Crippen LogP contribution in [-0.4, -0.2) is 24.6 Å². The average molecular weight is 202 g/mol. The number of hydrogen-bond acceptors (Lipinski definition) is 4. The van der Waals surface area contributed by atoms with E-state index in [0.29, 0.717) is 6.42 Å². The summed E-state index contributed by atoms with van der Waals surface area (Å²) in [5.74, 6) is -0.203. The van der Waals surface area contributed by atoms with E-state index in [4.69, 9.17) is 9.47 Å². The van der Waals surface area contributed by atoms with Gasteiger partial charge in [0.2, 0.25) is 5.79 Å². The van der Waals surface area contributed by atoms with Gasteiger partial charge in [-0.2, -0.15) is 0 Å². The lowest BCUT2D eigenvalue weighted by Gasteiger charge is -2.27. The van der Waals surface area contributed by atoms with E-state index in [2.05, 4.69) is 0 Å². The van der Waals surface area contributed by atoms with E-state index in [1.807, 2.05) is 13.8 Å². The van der Waals surface area contributed by atoms with Crippen LogP contribution in [0.4, 0.5) is 0 Å². The Balaban J connectivity index is 2.86. The molecular weight excluding hydrogens is 188 g/mol. The van der Waals surface area contributed by atoms with Crippen LogP contribution in [0.25, 0.3) is 0 Å². The SMILES string of the molecule is CCSC1=CC(=O)OC1(CC)OC. The van der Waals surface area contributed by atoms with Gasteiger partial charge in [-0.1, -0.05) is 13.8 Å². The standard InChI is InChI=1S/C9H14O3S/c1-4-9(11-3)7(13-5-2)6-8(10)12-9/h6H,4-5H2,1-3H3. The van der Waals surface area contributed by atoms with Gasteiger partial charge in [0.1, 0.15) is 0 Å². The smallest absolute Gasteiger partial charge is 0.334 e. The van der Waals surface area contributed by atoms with Crippen LogP contribution >= 0.6 is 11.8 Å². The van der Waals surface area contributed by atoms with Crippen molar-refractivity contribution in [2.75, 3.05) is 12.9 Å². The number of esters is 1. The lowest BCUT2D eigenvalue weighted by atomic mass is 10.2. The van der Waals surface area contributed by atoms with Gasteiger partial charge in [-0.3, -0.25) is 0 Å². The third kappa shape index (κ3) is 1.89. The van der Waals surface area contributed by atoms with E-state index in [-0.39, 0.29) is 5.97 Å². The second-order valence-electron chi connectivity index (χ2n) is 2.67. The third-order valence-electron chi connectivity index (χ3n) is 1.98. The van der Waals surface area contributed by atoms with Crippen molar-refractivity contribution >= 4 is 17.7 Å². The molecule has 1 atom stereocenters. The maximum atomic E-state index is 11.1. The van der Waals surface area contributed by atoms with Gasteiger partial charge in [0.25, 0.3) is 0 Å². The highest BCUT2D eigenvalue weighted by Crippen LogP contribution is 2.38. The second kappa shape index (κ2) is 4.15. The number of cyclic esters (lactones) is 1. The first-order chi connectivity index (χ1) is 6.18. The predicted molar refractivity (Wildman–Crippen MR) is 52.3 cm³/mol. The van der Waals surface area contributed by atoms with Gasteiger partial charge in [0.05, 0.1) is 4.91 Å². The molecule has 1 aliphatic heterocycles. The minimum Gasteiger partial charge on any atom is -0.425 e. The molecule has 13 heavy (non-hydrogen) atoms. The molecule has 0 aromatic heterocycles. The zero-order valence-corrected chi connectivity index (χ0v) is 8.94. The Morgan fingerprint density at radius 3 is 2.77 bits per heavy atom. The van der Waals surface area contributed by atoms with Crippen LogP contribution < -0.4 is 0 Å². The number of methoxy groups -OCH3 is 1. The minimum absolute atomic E-state index is 0.306. The van der Waals surface area contributed by atoms with Crippen LogP contribution in [0.15, 0.2) is 11.0 Å². The molecule has 0 aliphatic carbocycles. The van der Waals surface area contributed by atoms with Gasteiger partial charge in [-0.15, -0.1) is 11.8 Å². The van der Waals surface area contributed by atoms with Gasteiger partial charge < -0.3 is 9.47 Å². The van der Waals surface area contributed by atoms with E-state index >= 15 is 0 Å². The van der Waals surface area contributed by atoms with Crippen molar-refractivity contribution < 1.29 is 14.3 Å². The highest BCUT2D eigenvalue weighted by molar-refractivity contribution is 8.03. The Kier molecular flexibility index (Phi) is 3.39. The Labute approximate surface area is 82.5 Å². The van der Waals surface area contributed by atoms with Gasteiger partial charge in [0, 0.05) is 19.6 Å². The van der Waals surface area contributed by atoms with E-state index in [0.717, 1.165) is 10.7 Å². The Hall–Kier alpha value is -0.480. The van der Waals surface area contributed by atoms with Gasteiger partial charge in [0.15, 0.2) is 0 Å². The van der Waals surface area contributed by atoms with Crippen molar-refractivity contribution in [1.82, 2.24) is 0 Å². The van der Waals surface area contributed by atoms with Crippen molar-refractivity contribution in [3.63, 3.8) is 0 Å². The van der Waals surface area contributed by atoms with Crippen molar-refractivity contribution in [2.24, 2.45) is 0 Å². The summed E-state index contributed by atoms with van der Waals surface area (Å²) in [6, 6.07) is 0. The molecule has 0 saturated heterocycles. The molecular formula is C9H14O3S. The predicted octanol–water partition coefficient (Wildman–Crippen LogP) is 1.93. The van der Waals surface area contributed by atoms with E-state index in [1.54, 1.807) is 18.9 Å². The summed E-state index contributed by atoms with van der Waals surface area (Å²) in [5, 5.41) is 0. The highest BCUT2D eigenvalue weighted by Gasteiger charge is 2.42. The Morgan fingerprint density at radius 1 is 1.62 bits per heavy atom. The van der Waals surface area contributed by atoms with E-state index in [9.17, 15) is 4.79 Å². The number of ether oxygens (including phenoxy) is 2. The molecule has 1 heterocycles. The number of thioether (sulfide) groups is 1. The number of carbonyl (C=O) groups excluding carboxylic acids is 1. The molecule has 4 heteroatoms. The quantitative estimate of drug-likeness (QED) is 0.653. The maximum Gasteiger partial charge on any atom is 0.334 e. The first-order valence-electron chi connectivity index (χ1n) is 4.31. The first-order valence-corrected chi connectivity index (χ1v) is 5.30. The molecule has 0 aromatic rings. The summed E-state index contributed by atoms with van der Waals surface area (Å²) in [6.07, 6.45) is 2.16. The summed E-state index contributed by atoms with van der Waals surface area (Å²) in [5.41, 5.74) is 0. The molecule has 1 rings (SSSR count). The number of hydrogen-bond donors (Lipinski definition) is 0. The first kappa shape index (κ1) is 10.6. The van der Waals surface area contributed by atoms with Gasteiger partial charge in [-0.25, -0.2) is 4.79 Å². The zero-order chi connectivity index (χ0) is 9.90. The van der Waals surface area contributed by atoms with Crippen molar-refractivity contribution in [2.45, 2.75) is 26.1 Å². The Bertz CT molecular complexity index is 231. The zero-order valence-electron chi connectivity index (χ0n) is 8.12. The molecule has 0 aromatic carbocycles. The minimum atomic E-state index is -0.808. The monoisotopic (exact) mass is 202 g/mol. The highest BCUT2D eigenvalue weighted by atomic mass is 32.2. The molecule has 0 saturated carbocycles. The molecule has 74 valence electrons. The molecule has 3 nitrogen and oxygen atoms in total. The van der Waals surface area contributed by atoms with Crippen molar-refractivity contribution in [3.05, 3.63) is 11.0 Å². The molecule has 0 N–H and O–H groups in total. The topological polar surface area (TPSA) is 35.5 Å². The van der Waals surface area contributed by atoms with Crippen molar-refractivity contribution in [1.29, 1.82) is 0 Å². The van der Waals surface area contributed by atoms with Crippen LogP contribution in [0.3, 0.4) is 0 Å². The van der Waals surface area contributed by atoms with Gasteiger partial charge in [-0.05, 0) is 5.75 Å². The van der Waals surface area contributed by atoms with Crippen LogP contribution in [-0.2, 0) is 14.3 Å². The molecule has 1 aliphatic rings. The van der Waals surface area contributed by atoms with Crippen LogP contribution in [0, 0.1) is 0 Å². The molecule has 0 fully saturated rings. The fourth-order valence-electron chi connectivity index (χ4n) is 1.30. The summed E-state index contributed by atoms with van der Waals surface area (Å²) in [4.78, 5) is 11.9. The number of carbonyl (C=O) groups is 1. The second-order valence-corrected chi connectivity index (χ2v) is 3.98. The molecule has 0 spiro atoms. The fraction of sp³-hybridized carbons (Fsp3) is 0.667. The van der Waals surface area contributed by atoms with Crippen LogP contribution in [0.5, 0.6) is 0 Å². The molecule has 1 unspecified atom stereocenters. The normalized spacial score (nSPS) is 27.3. The van der Waals surface area contributed by atoms with Crippen molar-refractivity contribution in [3.8, 4) is 0 Å². The summed E-state index contributed by atoms with van der Waals surface area (Å²) >= 11 is 1.59. The number of rotatable bonds is 4. The molecule has 0 amide bonds. The molecule has 0 radical (unpaired) electrons. The Morgan fingerprint density at radius 2 is 2.31 bits per heavy atom. The lowest BCUT2D eigenvalue weighted by molar-refractivity contribution is -0.190.